The molecule has 0 amide bonds. The van der Waals surface area contributed by atoms with Gasteiger partial charge >= 0.3 is 0 Å². The molecule has 0 bridgehead atoms. The number of aryl methyl sites for hydroxylation is 1. The summed E-state index contributed by atoms with van der Waals surface area (Å²) in [5.74, 6) is 0. The summed E-state index contributed by atoms with van der Waals surface area (Å²) in [4.78, 5) is 17.2. The number of aromatic nitrogens is 2. The van der Waals surface area contributed by atoms with E-state index in [9.17, 15) is 4.79 Å². The van der Waals surface area contributed by atoms with Crippen molar-refractivity contribution in [3.8, 4) is 6.07 Å². The molecule has 4 nitrogen and oxygen atoms in total. The van der Waals surface area contributed by atoms with Crippen LogP contribution < -0.4 is 5.56 Å². The monoisotopic (exact) mass is 149 g/mol. The van der Waals surface area contributed by atoms with Crippen LogP contribution in [0.5, 0.6) is 0 Å². The van der Waals surface area contributed by atoms with Gasteiger partial charge in [-0.15, -0.1) is 0 Å². The summed E-state index contributed by atoms with van der Waals surface area (Å²) < 4.78 is 0. The highest BCUT2D eigenvalue weighted by Crippen LogP contribution is 1.95. The first-order valence-corrected chi connectivity index (χ1v) is 3.16. The van der Waals surface area contributed by atoms with Gasteiger partial charge in [-0.25, -0.2) is 4.98 Å². The normalized spacial score (nSPS) is 9.09. The second kappa shape index (κ2) is 2.97. The molecular formula is C7H7N3O. The fourth-order valence-electron chi connectivity index (χ4n) is 0.804. The second-order valence-electron chi connectivity index (χ2n) is 2.13. The molecule has 0 saturated heterocycles. The maximum absolute atomic E-state index is 11.0. The van der Waals surface area contributed by atoms with Crippen molar-refractivity contribution in [2.75, 3.05) is 0 Å². The van der Waals surface area contributed by atoms with E-state index < -0.39 is 0 Å². The molecule has 0 aliphatic rings. The number of aromatic amines is 1. The van der Waals surface area contributed by atoms with E-state index in [1.54, 1.807) is 6.92 Å². The van der Waals surface area contributed by atoms with Gasteiger partial charge in [0.1, 0.15) is 0 Å². The standard InChI is InChI=1S/C7H7N3O/c1-5-6(2-3-8)7(11)10-4-9-5/h4H,2H2,1H3,(H,9,10,11). The van der Waals surface area contributed by atoms with Gasteiger partial charge in [0.15, 0.2) is 0 Å². The van der Waals surface area contributed by atoms with Crippen molar-refractivity contribution >= 4 is 0 Å². The summed E-state index contributed by atoms with van der Waals surface area (Å²) in [6.45, 7) is 1.71. The van der Waals surface area contributed by atoms with E-state index in [0.29, 0.717) is 11.3 Å². The number of H-pyrrole nitrogens is 1. The maximum Gasteiger partial charge on any atom is 0.255 e. The van der Waals surface area contributed by atoms with Gasteiger partial charge in [0, 0.05) is 5.69 Å². The Hall–Kier alpha value is -1.63. The van der Waals surface area contributed by atoms with Crippen LogP contribution in [0.15, 0.2) is 11.1 Å². The predicted molar refractivity (Wildman–Crippen MR) is 38.9 cm³/mol. The maximum atomic E-state index is 11.0. The SMILES string of the molecule is Cc1nc[nH]c(=O)c1CC#N. The van der Waals surface area contributed by atoms with Crippen LogP contribution in [0, 0.1) is 18.3 Å². The molecule has 0 saturated carbocycles. The molecule has 0 aliphatic carbocycles. The topological polar surface area (TPSA) is 69.5 Å². The Bertz CT molecular complexity index is 347. The Balaban J connectivity index is 3.24. The van der Waals surface area contributed by atoms with Crippen LogP contribution in [0.3, 0.4) is 0 Å². The minimum Gasteiger partial charge on any atom is -0.313 e. The summed E-state index contributed by atoms with van der Waals surface area (Å²) in [7, 11) is 0. The van der Waals surface area contributed by atoms with Crippen molar-refractivity contribution in [2.45, 2.75) is 13.3 Å². The zero-order chi connectivity index (χ0) is 8.27. The summed E-state index contributed by atoms with van der Waals surface area (Å²) in [6.07, 6.45) is 1.45. The average Bonchev–Trinajstić information content (AvgIpc) is 1.97. The number of hydrogen-bond donors (Lipinski definition) is 1. The smallest absolute Gasteiger partial charge is 0.255 e. The summed E-state index contributed by atoms with van der Waals surface area (Å²) >= 11 is 0. The summed E-state index contributed by atoms with van der Waals surface area (Å²) in [5, 5.41) is 8.34. The van der Waals surface area contributed by atoms with Gasteiger partial charge in [-0.1, -0.05) is 0 Å². The molecule has 1 rings (SSSR count). The number of nitrogens with zero attached hydrogens (tertiary/aromatic N) is 2. The molecule has 1 N–H and O–H groups in total. The summed E-state index contributed by atoms with van der Waals surface area (Å²) in [6, 6.07) is 1.91. The average molecular weight is 149 g/mol. The number of rotatable bonds is 1. The molecule has 1 heterocycles. The third kappa shape index (κ3) is 1.44. The molecule has 0 spiro atoms. The van der Waals surface area contributed by atoms with E-state index in [2.05, 4.69) is 9.97 Å². The zero-order valence-corrected chi connectivity index (χ0v) is 6.09. The quantitative estimate of drug-likeness (QED) is 0.617. The van der Waals surface area contributed by atoms with E-state index in [1.165, 1.54) is 6.33 Å². The van der Waals surface area contributed by atoms with Crippen molar-refractivity contribution in [1.29, 1.82) is 5.26 Å². The van der Waals surface area contributed by atoms with Gasteiger partial charge in [0.2, 0.25) is 0 Å². The third-order valence-corrected chi connectivity index (χ3v) is 1.42. The van der Waals surface area contributed by atoms with E-state index in [-0.39, 0.29) is 12.0 Å². The highest BCUT2D eigenvalue weighted by Gasteiger charge is 2.01. The van der Waals surface area contributed by atoms with Gasteiger partial charge < -0.3 is 4.98 Å². The molecule has 0 fully saturated rings. The molecule has 4 heteroatoms. The highest BCUT2D eigenvalue weighted by molar-refractivity contribution is 5.17. The fraction of sp³-hybridized carbons (Fsp3) is 0.286. The van der Waals surface area contributed by atoms with Crippen molar-refractivity contribution in [1.82, 2.24) is 9.97 Å². The number of nitrogens with one attached hydrogen (secondary N) is 1. The zero-order valence-electron chi connectivity index (χ0n) is 6.09. The minimum absolute atomic E-state index is 0.120. The largest absolute Gasteiger partial charge is 0.313 e. The van der Waals surface area contributed by atoms with Gasteiger partial charge in [-0.3, -0.25) is 4.79 Å². The lowest BCUT2D eigenvalue weighted by Gasteiger charge is -1.95. The second-order valence-corrected chi connectivity index (χ2v) is 2.13. The summed E-state index contributed by atoms with van der Waals surface area (Å²) in [5.41, 5.74) is 0.851. The number of nitriles is 1. The molecule has 56 valence electrons. The molecule has 11 heavy (non-hydrogen) atoms. The highest BCUT2D eigenvalue weighted by atomic mass is 16.1. The van der Waals surface area contributed by atoms with Crippen molar-refractivity contribution in [2.24, 2.45) is 0 Å². The van der Waals surface area contributed by atoms with Crippen LogP contribution in [0.25, 0.3) is 0 Å². The van der Waals surface area contributed by atoms with Gasteiger partial charge in [0.25, 0.3) is 5.56 Å². The first kappa shape index (κ1) is 7.48. The Kier molecular flexibility index (Phi) is 2.02. The molecule has 1 aromatic rings. The Morgan fingerprint density at radius 3 is 3.09 bits per heavy atom. The first-order valence-electron chi connectivity index (χ1n) is 3.16. The van der Waals surface area contributed by atoms with Crippen LogP contribution >= 0.6 is 0 Å². The minimum atomic E-state index is -0.223. The van der Waals surface area contributed by atoms with Gasteiger partial charge in [0.05, 0.1) is 24.4 Å². The Morgan fingerprint density at radius 1 is 1.82 bits per heavy atom. The molecule has 0 radical (unpaired) electrons. The fourth-order valence-corrected chi connectivity index (χ4v) is 0.804. The Labute approximate surface area is 63.5 Å². The van der Waals surface area contributed by atoms with E-state index in [4.69, 9.17) is 5.26 Å². The third-order valence-electron chi connectivity index (χ3n) is 1.42. The molecule has 0 unspecified atom stereocenters. The van der Waals surface area contributed by atoms with Crippen LogP contribution in [0.4, 0.5) is 0 Å². The molecule has 0 aliphatic heterocycles. The van der Waals surface area contributed by atoms with Crippen LogP contribution in [-0.4, -0.2) is 9.97 Å². The predicted octanol–water partition coefficient (Wildman–Crippen LogP) is 0.144. The van der Waals surface area contributed by atoms with Gasteiger partial charge in [-0.05, 0) is 6.92 Å². The van der Waals surface area contributed by atoms with E-state index in [1.807, 2.05) is 6.07 Å². The van der Waals surface area contributed by atoms with Crippen molar-refractivity contribution in [3.63, 3.8) is 0 Å². The van der Waals surface area contributed by atoms with Crippen molar-refractivity contribution < 1.29 is 0 Å². The lowest BCUT2D eigenvalue weighted by molar-refractivity contribution is 0.994. The number of hydrogen-bond acceptors (Lipinski definition) is 3. The molecule has 0 atom stereocenters. The van der Waals surface area contributed by atoms with Crippen LogP contribution in [-0.2, 0) is 6.42 Å². The van der Waals surface area contributed by atoms with E-state index in [0.717, 1.165) is 0 Å². The van der Waals surface area contributed by atoms with Crippen molar-refractivity contribution in [3.05, 3.63) is 27.9 Å². The molecular weight excluding hydrogens is 142 g/mol. The van der Waals surface area contributed by atoms with E-state index >= 15 is 0 Å². The molecule has 0 aromatic carbocycles. The Morgan fingerprint density at radius 2 is 2.55 bits per heavy atom. The lowest BCUT2D eigenvalue weighted by Crippen LogP contribution is -2.14. The first-order chi connectivity index (χ1) is 5.25. The van der Waals surface area contributed by atoms with Crippen LogP contribution in [0.1, 0.15) is 11.3 Å². The van der Waals surface area contributed by atoms with Gasteiger partial charge in [-0.2, -0.15) is 5.26 Å². The molecule has 1 aromatic heterocycles. The van der Waals surface area contributed by atoms with Crippen LogP contribution in [0.2, 0.25) is 0 Å². The lowest BCUT2D eigenvalue weighted by atomic mass is 10.2.